The van der Waals surface area contributed by atoms with Crippen molar-refractivity contribution < 1.29 is 28.2 Å². The molecule has 1 saturated heterocycles. The van der Waals surface area contributed by atoms with E-state index < -0.39 is 40.9 Å². The lowest BCUT2D eigenvalue weighted by atomic mass is 10.0. The number of halogens is 2. The van der Waals surface area contributed by atoms with E-state index in [2.05, 4.69) is 0 Å². The second kappa shape index (κ2) is 9.84. The molecule has 1 aromatic carbocycles. The highest BCUT2D eigenvalue weighted by atomic mass is 35.5. The van der Waals surface area contributed by atoms with Crippen LogP contribution in [0.4, 0.5) is 10.1 Å². The van der Waals surface area contributed by atoms with Crippen LogP contribution < -0.4 is 10.3 Å². The molecular formula is C26H30ClFN2O6. The number of ketones is 1. The Hall–Kier alpha value is -2.94. The highest BCUT2D eigenvalue weighted by molar-refractivity contribution is 6.38. The Morgan fingerprint density at radius 3 is 2.50 bits per heavy atom. The van der Waals surface area contributed by atoms with E-state index in [-0.39, 0.29) is 46.8 Å². The maximum Gasteiger partial charge on any atom is 0.313 e. The highest BCUT2D eigenvalue weighted by Crippen LogP contribution is 2.43. The number of anilines is 1. The molecule has 0 bridgehead atoms. The molecular weight excluding hydrogens is 491 g/mol. The van der Waals surface area contributed by atoms with Crippen LogP contribution in [0.1, 0.15) is 69.8 Å². The zero-order valence-corrected chi connectivity index (χ0v) is 21.6. The molecule has 0 amide bonds. The Kier molecular flexibility index (Phi) is 7.14. The van der Waals surface area contributed by atoms with Gasteiger partial charge < -0.3 is 18.9 Å². The van der Waals surface area contributed by atoms with Gasteiger partial charge in [-0.1, -0.05) is 11.6 Å². The average Bonchev–Trinajstić information content (AvgIpc) is 3.50. The molecule has 8 nitrogen and oxygen atoms in total. The summed E-state index contributed by atoms with van der Waals surface area (Å²) in [7, 11) is 0. The van der Waals surface area contributed by atoms with Crippen molar-refractivity contribution in [2.45, 2.75) is 65.0 Å². The minimum Gasteiger partial charge on any atom is -0.466 e. The standard InChI is InChI=1S/C26H30ClFN2O6/c1-5-35-20(32)11-19(31)17-13-30(15-6-7-15)22-16(24(17)33)10-18(28)23(21(22)27)29-9-8-14(12-29)25(34)36-26(2,3)4/h10,13-15H,5-9,11-12H2,1-4H3. The second-order valence-electron chi connectivity index (χ2n) is 10.3. The summed E-state index contributed by atoms with van der Waals surface area (Å²) < 4.78 is 27.5. The Morgan fingerprint density at radius 1 is 1.19 bits per heavy atom. The number of carbonyl (C=O) groups is 3. The molecule has 0 N–H and O–H groups in total. The largest absolute Gasteiger partial charge is 0.466 e. The molecule has 1 aliphatic carbocycles. The first-order chi connectivity index (χ1) is 16.9. The predicted octanol–water partition coefficient (Wildman–Crippen LogP) is 4.43. The molecule has 0 radical (unpaired) electrons. The number of esters is 2. The van der Waals surface area contributed by atoms with Gasteiger partial charge in [-0.2, -0.15) is 0 Å². The summed E-state index contributed by atoms with van der Waals surface area (Å²) >= 11 is 6.75. The van der Waals surface area contributed by atoms with E-state index in [1.807, 2.05) is 0 Å². The quantitative estimate of drug-likeness (QED) is 0.303. The van der Waals surface area contributed by atoms with Crippen molar-refractivity contribution in [2.75, 3.05) is 24.6 Å². The van der Waals surface area contributed by atoms with Crippen molar-refractivity contribution in [1.82, 2.24) is 4.57 Å². The first kappa shape index (κ1) is 26.1. The number of aromatic nitrogens is 1. The Bertz CT molecular complexity index is 1290. The number of ether oxygens (including phenoxy) is 2. The minimum atomic E-state index is -0.729. The summed E-state index contributed by atoms with van der Waals surface area (Å²) in [6.45, 7) is 7.75. The van der Waals surface area contributed by atoms with Crippen LogP contribution >= 0.6 is 11.6 Å². The topological polar surface area (TPSA) is 94.9 Å². The molecule has 1 unspecified atom stereocenters. The van der Waals surface area contributed by atoms with Crippen molar-refractivity contribution in [1.29, 1.82) is 0 Å². The van der Waals surface area contributed by atoms with Gasteiger partial charge >= 0.3 is 11.9 Å². The van der Waals surface area contributed by atoms with Crippen LogP contribution in [-0.4, -0.2) is 47.6 Å². The third-order valence-electron chi connectivity index (χ3n) is 6.28. The van der Waals surface area contributed by atoms with Gasteiger partial charge in [0.2, 0.25) is 0 Å². The van der Waals surface area contributed by atoms with Gasteiger partial charge in [-0.25, -0.2) is 4.39 Å². The molecule has 2 aliphatic rings. The van der Waals surface area contributed by atoms with Crippen LogP contribution in [0.5, 0.6) is 0 Å². The van der Waals surface area contributed by atoms with Gasteiger partial charge in [0.15, 0.2) is 11.2 Å². The molecule has 36 heavy (non-hydrogen) atoms. The van der Waals surface area contributed by atoms with Gasteiger partial charge in [0.05, 0.1) is 39.7 Å². The smallest absolute Gasteiger partial charge is 0.313 e. The average molecular weight is 521 g/mol. The minimum absolute atomic E-state index is 0.00569. The highest BCUT2D eigenvalue weighted by Gasteiger charge is 2.36. The van der Waals surface area contributed by atoms with Gasteiger partial charge in [0.1, 0.15) is 17.8 Å². The van der Waals surface area contributed by atoms with E-state index >= 15 is 4.39 Å². The lowest BCUT2D eigenvalue weighted by molar-refractivity contribution is -0.159. The Morgan fingerprint density at radius 2 is 1.89 bits per heavy atom. The van der Waals surface area contributed by atoms with Crippen molar-refractivity contribution in [3.63, 3.8) is 0 Å². The number of fused-ring (bicyclic) bond motifs is 1. The number of carbonyl (C=O) groups excluding carboxylic acids is 3. The fraction of sp³-hybridized carbons (Fsp3) is 0.538. The molecule has 1 atom stereocenters. The van der Waals surface area contributed by atoms with E-state index in [0.717, 1.165) is 18.9 Å². The fourth-order valence-corrected chi connectivity index (χ4v) is 4.95. The summed E-state index contributed by atoms with van der Waals surface area (Å²) in [5, 5.41) is 0.0361. The Labute approximate surface area is 213 Å². The van der Waals surface area contributed by atoms with Gasteiger partial charge in [0, 0.05) is 25.3 Å². The van der Waals surface area contributed by atoms with Crippen LogP contribution in [0.15, 0.2) is 17.1 Å². The van der Waals surface area contributed by atoms with Crippen LogP contribution in [-0.2, 0) is 19.1 Å². The number of rotatable bonds is 7. The maximum atomic E-state index is 15.5. The van der Waals surface area contributed by atoms with E-state index in [4.69, 9.17) is 21.1 Å². The fourth-order valence-electron chi connectivity index (χ4n) is 4.54. The molecule has 10 heteroatoms. The van der Waals surface area contributed by atoms with Crippen LogP contribution in [0.2, 0.25) is 5.02 Å². The van der Waals surface area contributed by atoms with Crippen LogP contribution in [0, 0.1) is 11.7 Å². The number of pyridine rings is 1. The van der Waals surface area contributed by atoms with Crippen molar-refractivity contribution in [3.8, 4) is 0 Å². The lowest BCUT2D eigenvalue weighted by Gasteiger charge is -2.24. The number of Topliss-reactive ketones (excluding diaryl/α,β-unsaturated/α-hetero) is 1. The first-order valence-electron chi connectivity index (χ1n) is 12.1. The molecule has 1 aliphatic heterocycles. The second-order valence-corrected chi connectivity index (χ2v) is 10.7. The summed E-state index contributed by atoms with van der Waals surface area (Å²) in [5.74, 6) is -2.90. The molecule has 194 valence electrons. The van der Waals surface area contributed by atoms with Gasteiger partial charge in [0.25, 0.3) is 0 Å². The molecule has 1 saturated carbocycles. The zero-order valence-electron chi connectivity index (χ0n) is 20.9. The Balaban J connectivity index is 1.74. The van der Waals surface area contributed by atoms with E-state index in [9.17, 15) is 19.2 Å². The first-order valence-corrected chi connectivity index (χ1v) is 12.5. The molecule has 4 rings (SSSR count). The lowest BCUT2D eigenvalue weighted by Crippen LogP contribution is -2.31. The van der Waals surface area contributed by atoms with Crippen LogP contribution in [0.3, 0.4) is 0 Å². The van der Waals surface area contributed by atoms with Gasteiger partial charge in [-0.15, -0.1) is 0 Å². The molecule has 2 aromatic rings. The molecule has 1 aromatic heterocycles. The van der Waals surface area contributed by atoms with Gasteiger partial charge in [-0.3, -0.25) is 19.2 Å². The van der Waals surface area contributed by atoms with E-state index in [0.29, 0.717) is 18.5 Å². The van der Waals surface area contributed by atoms with E-state index in [1.54, 1.807) is 37.2 Å². The normalized spacial score (nSPS) is 17.9. The summed E-state index contributed by atoms with van der Waals surface area (Å²) in [6, 6.07) is 1.10. The summed E-state index contributed by atoms with van der Waals surface area (Å²) in [6.07, 6.45) is 2.96. The SMILES string of the molecule is CCOC(=O)CC(=O)c1cn(C2CC2)c2c(Cl)c(N3CCC(C(=O)OC(C)(C)C)C3)c(F)cc2c1=O. The predicted molar refractivity (Wildman–Crippen MR) is 133 cm³/mol. The number of hydrogen-bond acceptors (Lipinski definition) is 7. The number of nitrogens with zero attached hydrogens (tertiary/aromatic N) is 2. The van der Waals surface area contributed by atoms with Crippen molar-refractivity contribution >= 4 is 45.9 Å². The number of benzene rings is 1. The third kappa shape index (κ3) is 5.26. The monoisotopic (exact) mass is 520 g/mol. The number of hydrogen-bond donors (Lipinski definition) is 0. The van der Waals surface area contributed by atoms with Crippen molar-refractivity contribution in [3.05, 3.63) is 38.9 Å². The van der Waals surface area contributed by atoms with E-state index in [1.165, 1.54) is 6.20 Å². The molecule has 0 spiro atoms. The summed E-state index contributed by atoms with van der Waals surface area (Å²) in [5.41, 5.74) is -1.05. The third-order valence-corrected chi connectivity index (χ3v) is 6.64. The van der Waals surface area contributed by atoms with Gasteiger partial charge in [-0.05, 0) is 53.0 Å². The molecule has 2 heterocycles. The van der Waals surface area contributed by atoms with Crippen molar-refractivity contribution in [2.24, 2.45) is 5.92 Å². The van der Waals surface area contributed by atoms with Crippen LogP contribution in [0.25, 0.3) is 10.9 Å². The maximum absolute atomic E-state index is 15.5. The zero-order chi connectivity index (χ0) is 26.4. The molecule has 2 fully saturated rings. The summed E-state index contributed by atoms with van der Waals surface area (Å²) in [4.78, 5) is 52.0.